The Hall–Kier alpha value is -2.83. The monoisotopic (exact) mass is 439 g/mol. The minimum atomic E-state index is -0.146. The fraction of sp³-hybridized carbons (Fsp3) is 0.217. The number of nitrogens with one attached hydrogen (secondary N) is 1. The van der Waals surface area contributed by atoms with Gasteiger partial charge in [0.1, 0.15) is 0 Å². The van der Waals surface area contributed by atoms with Gasteiger partial charge in [0.05, 0.1) is 6.54 Å². The SMILES string of the molecule is O=C(NCc1cccs1)c1cccc(N2CCCN(Cc3ccc(Cl)cc3)C2=O)c1. The summed E-state index contributed by atoms with van der Waals surface area (Å²) in [5, 5.41) is 5.60. The maximum atomic E-state index is 13.1. The minimum absolute atomic E-state index is 0.0488. The fourth-order valence-corrected chi connectivity index (χ4v) is 4.25. The first-order valence-corrected chi connectivity index (χ1v) is 11.1. The van der Waals surface area contributed by atoms with Gasteiger partial charge in [-0.25, -0.2) is 4.79 Å². The Balaban J connectivity index is 1.44. The summed E-state index contributed by atoms with van der Waals surface area (Å²) in [6.07, 6.45) is 0.869. The molecule has 154 valence electrons. The highest BCUT2D eigenvalue weighted by molar-refractivity contribution is 7.09. The molecule has 0 atom stereocenters. The van der Waals surface area contributed by atoms with Crippen molar-refractivity contribution in [2.24, 2.45) is 0 Å². The average Bonchev–Trinajstić information content (AvgIpc) is 3.29. The van der Waals surface area contributed by atoms with Gasteiger partial charge < -0.3 is 10.2 Å². The zero-order valence-corrected chi connectivity index (χ0v) is 18.0. The number of amides is 3. The molecule has 0 aliphatic carbocycles. The van der Waals surface area contributed by atoms with Crippen molar-refractivity contribution in [3.8, 4) is 0 Å². The maximum absolute atomic E-state index is 13.1. The van der Waals surface area contributed by atoms with Crippen molar-refractivity contribution in [1.29, 1.82) is 0 Å². The van der Waals surface area contributed by atoms with Gasteiger partial charge in [-0.05, 0) is 53.8 Å². The lowest BCUT2D eigenvalue weighted by molar-refractivity contribution is 0.0951. The van der Waals surface area contributed by atoms with E-state index in [1.807, 2.05) is 58.8 Å². The summed E-state index contributed by atoms with van der Waals surface area (Å²) in [6, 6.07) is 18.7. The van der Waals surface area contributed by atoms with Crippen LogP contribution in [-0.4, -0.2) is 29.9 Å². The summed E-state index contributed by atoms with van der Waals surface area (Å²) < 4.78 is 0. The van der Waals surface area contributed by atoms with E-state index >= 15 is 0 Å². The number of halogens is 1. The quantitative estimate of drug-likeness (QED) is 0.576. The topological polar surface area (TPSA) is 52.7 Å². The van der Waals surface area contributed by atoms with Crippen LogP contribution in [0.4, 0.5) is 10.5 Å². The van der Waals surface area contributed by atoms with Gasteiger partial charge in [-0.2, -0.15) is 0 Å². The van der Waals surface area contributed by atoms with Gasteiger partial charge in [-0.3, -0.25) is 9.69 Å². The van der Waals surface area contributed by atoms with Crippen LogP contribution >= 0.6 is 22.9 Å². The standard InChI is InChI=1S/C23H22ClN3O2S/c24-19-9-7-17(8-10-19)16-26-11-3-12-27(23(26)29)20-5-1-4-18(14-20)22(28)25-15-21-6-2-13-30-21/h1-2,4-10,13-14H,3,11-12,15-16H2,(H,25,28). The highest BCUT2D eigenvalue weighted by atomic mass is 35.5. The second-order valence-corrected chi connectivity index (χ2v) is 8.62. The van der Waals surface area contributed by atoms with Crippen molar-refractivity contribution in [2.75, 3.05) is 18.0 Å². The molecule has 7 heteroatoms. The molecule has 1 aromatic heterocycles. The smallest absolute Gasteiger partial charge is 0.324 e. The molecule has 0 bridgehead atoms. The molecule has 1 N–H and O–H groups in total. The first kappa shape index (κ1) is 20.4. The van der Waals surface area contributed by atoms with Crippen molar-refractivity contribution in [1.82, 2.24) is 10.2 Å². The molecule has 1 fully saturated rings. The summed E-state index contributed by atoms with van der Waals surface area (Å²) in [5.41, 5.74) is 2.33. The van der Waals surface area contributed by atoms with E-state index in [2.05, 4.69) is 5.32 Å². The number of carbonyl (C=O) groups excluding carboxylic acids is 2. The predicted octanol–water partition coefficient (Wildman–Crippen LogP) is 5.16. The molecule has 1 aliphatic rings. The zero-order chi connectivity index (χ0) is 20.9. The molecular weight excluding hydrogens is 418 g/mol. The van der Waals surface area contributed by atoms with Crippen LogP contribution in [0, 0.1) is 0 Å². The van der Waals surface area contributed by atoms with E-state index < -0.39 is 0 Å². The normalized spacial score (nSPS) is 14.1. The van der Waals surface area contributed by atoms with Crippen LogP contribution in [0.1, 0.15) is 27.2 Å². The van der Waals surface area contributed by atoms with Crippen molar-refractivity contribution in [2.45, 2.75) is 19.5 Å². The van der Waals surface area contributed by atoms with E-state index in [-0.39, 0.29) is 11.9 Å². The Morgan fingerprint density at radius 3 is 2.67 bits per heavy atom. The molecular formula is C23H22ClN3O2S. The van der Waals surface area contributed by atoms with Gasteiger partial charge in [-0.15, -0.1) is 11.3 Å². The number of carbonyl (C=O) groups is 2. The second kappa shape index (κ2) is 9.32. The zero-order valence-electron chi connectivity index (χ0n) is 16.4. The number of hydrogen-bond acceptors (Lipinski definition) is 3. The lowest BCUT2D eigenvalue weighted by atomic mass is 10.1. The van der Waals surface area contributed by atoms with Gasteiger partial charge in [-0.1, -0.05) is 35.9 Å². The van der Waals surface area contributed by atoms with Crippen LogP contribution in [0.15, 0.2) is 66.0 Å². The molecule has 1 aliphatic heterocycles. The maximum Gasteiger partial charge on any atom is 0.324 e. The van der Waals surface area contributed by atoms with Gasteiger partial charge in [0.2, 0.25) is 0 Å². The molecule has 5 nitrogen and oxygen atoms in total. The van der Waals surface area contributed by atoms with Crippen molar-refractivity contribution in [3.05, 3.63) is 87.1 Å². The van der Waals surface area contributed by atoms with Crippen LogP contribution in [-0.2, 0) is 13.1 Å². The van der Waals surface area contributed by atoms with Crippen LogP contribution in [0.25, 0.3) is 0 Å². The van der Waals surface area contributed by atoms with E-state index in [1.165, 1.54) is 0 Å². The highest BCUT2D eigenvalue weighted by Gasteiger charge is 2.27. The number of nitrogens with zero attached hydrogens (tertiary/aromatic N) is 2. The molecule has 30 heavy (non-hydrogen) atoms. The van der Waals surface area contributed by atoms with Crippen LogP contribution in [0.5, 0.6) is 0 Å². The average molecular weight is 440 g/mol. The summed E-state index contributed by atoms with van der Waals surface area (Å²) in [6.45, 7) is 2.38. The first-order valence-electron chi connectivity index (χ1n) is 9.82. The summed E-state index contributed by atoms with van der Waals surface area (Å²) >= 11 is 7.56. The van der Waals surface area contributed by atoms with Crippen LogP contribution < -0.4 is 10.2 Å². The van der Waals surface area contributed by atoms with Crippen LogP contribution in [0.3, 0.4) is 0 Å². The number of anilines is 1. The van der Waals surface area contributed by atoms with Crippen LogP contribution in [0.2, 0.25) is 5.02 Å². The van der Waals surface area contributed by atoms with Gasteiger partial charge in [0.25, 0.3) is 5.91 Å². The van der Waals surface area contributed by atoms with E-state index in [0.717, 1.165) is 22.5 Å². The molecule has 0 saturated carbocycles. The number of rotatable bonds is 6. The Bertz CT molecular complexity index is 1020. The molecule has 0 unspecified atom stereocenters. The second-order valence-electron chi connectivity index (χ2n) is 7.15. The number of urea groups is 1. The molecule has 2 aromatic carbocycles. The third kappa shape index (κ3) is 4.83. The highest BCUT2D eigenvalue weighted by Crippen LogP contribution is 2.23. The first-order chi connectivity index (χ1) is 14.6. The number of thiophene rings is 1. The third-order valence-electron chi connectivity index (χ3n) is 5.02. The lowest BCUT2D eigenvalue weighted by Crippen LogP contribution is -2.49. The summed E-state index contributed by atoms with van der Waals surface area (Å²) in [7, 11) is 0. The number of hydrogen-bond donors (Lipinski definition) is 1. The number of benzene rings is 2. The minimum Gasteiger partial charge on any atom is -0.347 e. The Kier molecular flexibility index (Phi) is 6.35. The molecule has 1 saturated heterocycles. The van der Waals surface area contributed by atoms with Gasteiger partial charge >= 0.3 is 6.03 Å². The van der Waals surface area contributed by atoms with Gasteiger partial charge in [0, 0.05) is 40.8 Å². The van der Waals surface area contributed by atoms with Crippen molar-refractivity contribution < 1.29 is 9.59 Å². The molecule has 2 heterocycles. The molecule has 3 aromatic rings. The summed E-state index contributed by atoms with van der Waals surface area (Å²) in [4.78, 5) is 30.3. The third-order valence-corrected chi connectivity index (χ3v) is 6.15. The Morgan fingerprint density at radius 2 is 1.90 bits per heavy atom. The van der Waals surface area contributed by atoms with E-state index in [0.29, 0.717) is 36.8 Å². The Labute approximate surface area is 184 Å². The largest absolute Gasteiger partial charge is 0.347 e. The van der Waals surface area contributed by atoms with Crippen molar-refractivity contribution in [3.63, 3.8) is 0 Å². The Morgan fingerprint density at radius 1 is 1.07 bits per heavy atom. The molecule has 4 rings (SSSR count). The van der Waals surface area contributed by atoms with Gasteiger partial charge in [0.15, 0.2) is 0 Å². The van der Waals surface area contributed by atoms with E-state index in [4.69, 9.17) is 11.6 Å². The van der Waals surface area contributed by atoms with Crippen molar-refractivity contribution >= 4 is 40.6 Å². The molecule has 3 amide bonds. The molecule has 0 radical (unpaired) electrons. The molecule has 0 spiro atoms. The fourth-order valence-electron chi connectivity index (χ4n) is 3.48. The van der Waals surface area contributed by atoms with E-state index in [1.54, 1.807) is 28.4 Å². The van der Waals surface area contributed by atoms with E-state index in [9.17, 15) is 9.59 Å². The summed E-state index contributed by atoms with van der Waals surface area (Å²) in [5.74, 6) is -0.146. The predicted molar refractivity (Wildman–Crippen MR) is 121 cm³/mol. The lowest BCUT2D eigenvalue weighted by Gasteiger charge is -2.35.